The molecule has 1 aromatic heterocycles. The monoisotopic (exact) mass is 249 g/mol. The van der Waals surface area contributed by atoms with Crippen molar-refractivity contribution < 1.29 is 13.6 Å². The number of hydrogen-bond donors (Lipinski definition) is 1. The first-order valence-corrected chi connectivity index (χ1v) is 5.11. The van der Waals surface area contributed by atoms with E-state index < -0.39 is 23.2 Å². The summed E-state index contributed by atoms with van der Waals surface area (Å²) in [6, 6.07) is 3.34. The van der Waals surface area contributed by atoms with Crippen molar-refractivity contribution in [2.45, 2.75) is 6.92 Å². The second-order valence-electron chi connectivity index (χ2n) is 3.57. The van der Waals surface area contributed by atoms with Crippen LogP contribution >= 0.6 is 0 Å². The summed E-state index contributed by atoms with van der Waals surface area (Å²) in [7, 11) is 0. The molecule has 0 aliphatic heterocycles. The zero-order valence-electron chi connectivity index (χ0n) is 9.45. The Labute approximate surface area is 102 Å². The van der Waals surface area contributed by atoms with E-state index in [-0.39, 0.29) is 5.56 Å². The summed E-state index contributed by atoms with van der Waals surface area (Å²) < 4.78 is 26.7. The Hall–Kier alpha value is -2.37. The lowest BCUT2D eigenvalue weighted by Crippen LogP contribution is -2.16. The molecule has 4 nitrogen and oxygen atoms in total. The Bertz CT molecular complexity index is 581. The summed E-state index contributed by atoms with van der Waals surface area (Å²) in [4.78, 5) is 19.3. The van der Waals surface area contributed by atoms with Crippen molar-refractivity contribution in [3.05, 3.63) is 53.6 Å². The number of benzene rings is 1. The number of hydrogen-bond acceptors (Lipinski definition) is 3. The average molecular weight is 249 g/mol. The van der Waals surface area contributed by atoms with Crippen LogP contribution in [0, 0.1) is 18.6 Å². The van der Waals surface area contributed by atoms with Crippen LogP contribution in [0.3, 0.4) is 0 Å². The third kappa shape index (κ3) is 2.32. The van der Waals surface area contributed by atoms with Crippen molar-refractivity contribution in [2.75, 3.05) is 5.32 Å². The zero-order chi connectivity index (χ0) is 13.1. The molecule has 6 heteroatoms. The third-order valence-corrected chi connectivity index (χ3v) is 2.36. The molecule has 2 rings (SSSR count). The highest BCUT2D eigenvalue weighted by molar-refractivity contribution is 6.04. The van der Waals surface area contributed by atoms with Crippen molar-refractivity contribution in [3.63, 3.8) is 0 Å². The molecular formula is C12H9F2N3O. The molecule has 0 aliphatic rings. The van der Waals surface area contributed by atoms with E-state index in [4.69, 9.17) is 0 Å². The number of rotatable bonds is 2. The lowest BCUT2D eigenvalue weighted by atomic mass is 10.2. The van der Waals surface area contributed by atoms with Gasteiger partial charge in [0.2, 0.25) is 0 Å². The van der Waals surface area contributed by atoms with Gasteiger partial charge in [0, 0.05) is 6.20 Å². The minimum absolute atomic E-state index is 0.167. The number of aromatic nitrogens is 2. The number of amides is 1. The van der Waals surface area contributed by atoms with Crippen LogP contribution in [0.25, 0.3) is 0 Å². The summed E-state index contributed by atoms with van der Waals surface area (Å²) >= 11 is 0. The molecule has 18 heavy (non-hydrogen) atoms. The maximum Gasteiger partial charge on any atom is 0.259 e. The van der Waals surface area contributed by atoms with Gasteiger partial charge in [-0.3, -0.25) is 4.79 Å². The average Bonchev–Trinajstić information content (AvgIpc) is 2.34. The smallest absolute Gasteiger partial charge is 0.259 e. The molecule has 92 valence electrons. The van der Waals surface area contributed by atoms with Crippen LogP contribution in [0.5, 0.6) is 0 Å². The molecular weight excluding hydrogens is 240 g/mol. The summed E-state index contributed by atoms with van der Waals surface area (Å²) in [6.45, 7) is 1.61. The highest BCUT2D eigenvalue weighted by Gasteiger charge is 2.15. The lowest BCUT2D eigenvalue weighted by Gasteiger charge is -2.08. The van der Waals surface area contributed by atoms with Crippen LogP contribution in [-0.2, 0) is 0 Å². The Morgan fingerprint density at radius 2 is 1.94 bits per heavy atom. The molecule has 0 atom stereocenters. The number of nitrogens with one attached hydrogen (secondary N) is 1. The topological polar surface area (TPSA) is 54.9 Å². The quantitative estimate of drug-likeness (QED) is 0.888. The molecule has 0 radical (unpaired) electrons. The van der Waals surface area contributed by atoms with Crippen LogP contribution in [0.15, 0.2) is 30.7 Å². The van der Waals surface area contributed by atoms with Crippen molar-refractivity contribution in [1.82, 2.24) is 9.97 Å². The van der Waals surface area contributed by atoms with E-state index in [2.05, 4.69) is 15.3 Å². The molecule has 0 fully saturated rings. The number of aryl methyl sites for hydroxylation is 1. The van der Waals surface area contributed by atoms with Gasteiger partial charge in [-0.05, 0) is 19.1 Å². The molecule has 1 aromatic carbocycles. The van der Waals surface area contributed by atoms with Gasteiger partial charge >= 0.3 is 0 Å². The predicted molar refractivity (Wildman–Crippen MR) is 61.1 cm³/mol. The van der Waals surface area contributed by atoms with Crippen molar-refractivity contribution >= 4 is 11.6 Å². The molecule has 0 spiro atoms. The minimum atomic E-state index is -0.835. The molecule has 1 amide bonds. The van der Waals surface area contributed by atoms with Gasteiger partial charge in [0.15, 0.2) is 0 Å². The summed E-state index contributed by atoms with van der Waals surface area (Å²) in [5, 5.41) is 2.17. The van der Waals surface area contributed by atoms with Gasteiger partial charge in [-0.25, -0.2) is 18.7 Å². The van der Waals surface area contributed by atoms with Gasteiger partial charge in [-0.1, -0.05) is 6.07 Å². The van der Waals surface area contributed by atoms with Gasteiger partial charge in [-0.15, -0.1) is 0 Å². The van der Waals surface area contributed by atoms with E-state index in [9.17, 15) is 13.6 Å². The third-order valence-electron chi connectivity index (χ3n) is 2.36. The van der Waals surface area contributed by atoms with Crippen molar-refractivity contribution in [1.29, 1.82) is 0 Å². The highest BCUT2D eigenvalue weighted by Crippen LogP contribution is 2.19. The number of nitrogens with zero attached hydrogens (tertiary/aromatic N) is 2. The Morgan fingerprint density at radius 1 is 1.28 bits per heavy atom. The number of carbonyl (C=O) groups is 1. The van der Waals surface area contributed by atoms with Gasteiger partial charge in [-0.2, -0.15) is 0 Å². The second kappa shape index (κ2) is 4.87. The highest BCUT2D eigenvalue weighted by atomic mass is 19.1. The van der Waals surface area contributed by atoms with E-state index >= 15 is 0 Å². The number of anilines is 1. The molecule has 0 aliphatic carbocycles. The summed E-state index contributed by atoms with van der Waals surface area (Å²) in [6.07, 6.45) is 2.58. The predicted octanol–water partition coefficient (Wildman–Crippen LogP) is 2.32. The largest absolute Gasteiger partial charge is 0.317 e. The van der Waals surface area contributed by atoms with Crippen molar-refractivity contribution in [3.8, 4) is 0 Å². The van der Waals surface area contributed by atoms with Crippen LogP contribution in [0.4, 0.5) is 14.5 Å². The van der Waals surface area contributed by atoms with E-state index in [0.29, 0.717) is 5.69 Å². The van der Waals surface area contributed by atoms with Gasteiger partial charge < -0.3 is 5.32 Å². The SMILES string of the molecule is Cc1ncncc1C(=O)Nc1c(F)cccc1F. The maximum atomic E-state index is 13.3. The fourth-order valence-corrected chi connectivity index (χ4v) is 1.41. The van der Waals surface area contributed by atoms with Crippen LogP contribution in [-0.4, -0.2) is 15.9 Å². The number of carbonyl (C=O) groups excluding carboxylic acids is 1. The molecule has 0 unspecified atom stereocenters. The summed E-state index contributed by atoms with van der Waals surface area (Å²) in [5.41, 5.74) is 0.116. The normalized spacial score (nSPS) is 10.2. The maximum absolute atomic E-state index is 13.3. The number of halogens is 2. The van der Waals surface area contributed by atoms with E-state index in [1.54, 1.807) is 6.92 Å². The van der Waals surface area contributed by atoms with E-state index in [1.807, 2.05) is 0 Å². The van der Waals surface area contributed by atoms with Crippen LogP contribution in [0.2, 0.25) is 0 Å². The molecule has 2 aromatic rings. The first-order valence-electron chi connectivity index (χ1n) is 5.11. The van der Waals surface area contributed by atoms with Crippen LogP contribution in [0.1, 0.15) is 16.1 Å². The fourth-order valence-electron chi connectivity index (χ4n) is 1.41. The second-order valence-corrected chi connectivity index (χ2v) is 3.57. The first kappa shape index (κ1) is 12.1. The van der Waals surface area contributed by atoms with E-state index in [1.165, 1.54) is 18.6 Å². The Balaban J connectivity index is 2.30. The summed E-state index contributed by atoms with van der Waals surface area (Å²) in [5.74, 6) is -2.33. The van der Waals surface area contributed by atoms with Gasteiger partial charge in [0.05, 0.1) is 11.3 Å². The Morgan fingerprint density at radius 3 is 2.56 bits per heavy atom. The molecule has 1 heterocycles. The molecule has 0 bridgehead atoms. The minimum Gasteiger partial charge on any atom is -0.317 e. The molecule has 0 saturated heterocycles. The zero-order valence-corrected chi connectivity index (χ0v) is 9.45. The van der Waals surface area contributed by atoms with Crippen molar-refractivity contribution in [2.24, 2.45) is 0 Å². The standard InChI is InChI=1S/C12H9F2N3O/c1-7-8(5-15-6-16-7)12(18)17-11-9(13)3-2-4-10(11)14/h2-6H,1H3,(H,17,18). The van der Waals surface area contributed by atoms with Crippen LogP contribution < -0.4 is 5.32 Å². The molecule has 1 N–H and O–H groups in total. The van der Waals surface area contributed by atoms with Gasteiger partial charge in [0.25, 0.3) is 5.91 Å². The van der Waals surface area contributed by atoms with E-state index in [0.717, 1.165) is 12.1 Å². The first-order chi connectivity index (χ1) is 8.59. The lowest BCUT2D eigenvalue weighted by molar-refractivity contribution is 0.102. The molecule has 0 saturated carbocycles. The number of para-hydroxylation sites is 1. The Kier molecular flexibility index (Phi) is 3.27. The van der Waals surface area contributed by atoms with Gasteiger partial charge in [0.1, 0.15) is 23.6 Å². The fraction of sp³-hybridized carbons (Fsp3) is 0.0833.